The summed E-state index contributed by atoms with van der Waals surface area (Å²) in [4.78, 5) is 37.1. The summed E-state index contributed by atoms with van der Waals surface area (Å²) < 4.78 is 11.0. The minimum absolute atomic E-state index is 0.00463. The van der Waals surface area contributed by atoms with Gasteiger partial charge in [-0.15, -0.1) is 0 Å². The topological polar surface area (TPSA) is 105 Å². The molecule has 0 aliphatic rings. The van der Waals surface area contributed by atoms with Crippen molar-refractivity contribution in [2.45, 2.75) is 46.4 Å². The lowest BCUT2D eigenvalue weighted by atomic mass is 10.1. The summed E-state index contributed by atoms with van der Waals surface area (Å²) in [5.41, 5.74) is 1.63. The van der Waals surface area contributed by atoms with Crippen molar-refractivity contribution in [3.8, 4) is 5.75 Å². The van der Waals surface area contributed by atoms with E-state index < -0.39 is 12.2 Å². The Morgan fingerprint density at radius 3 is 2.34 bits per heavy atom. The average Bonchev–Trinajstić information content (AvgIpc) is 2.74. The molecule has 0 bridgehead atoms. The van der Waals surface area contributed by atoms with E-state index in [1.165, 1.54) is 24.8 Å². The van der Waals surface area contributed by atoms with E-state index in [0.29, 0.717) is 5.69 Å². The number of carbonyl (C=O) groups is 3. The van der Waals surface area contributed by atoms with Crippen molar-refractivity contribution in [2.24, 2.45) is 0 Å². The van der Waals surface area contributed by atoms with E-state index in [1.54, 1.807) is 12.1 Å². The third-order valence-corrected chi connectivity index (χ3v) is 4.58. The van der Waals surface area contributed by atoms with Crippen LogP contribution in [0.1, 0.15) is 43.6 Å². The van der Waals surface area contributed by atoms with Crippen molar-refractivity contribution in [1.29, 1.82) is 0 Å². The van der Waals surface area contributed by atoms with Gasteiger partial charge >= 0.3 is 6.09 Å². The van der Waals surface area contributed by atoms with Crippen LogP contribution in [-0.2, 0) is 16.1 Å². The van der Waals surface area contributed by atoms with Crippen LogP contribution in [-0.4, -0.2) is 53.1 Å². The summed E-state index contributed by atoms with van der Waals surface area (Å²) in [7, 11) is 0. The Hall–Kier alpha value is -3.39. The second-order valence-electron chi connectivity index (χ2n) is 7.70. The summed E-state index contributed by atoms with van der Waals surface area (Å²) in [5.74, 6) is -0.208. The monoisotopic (exact) mass is 442 g/mol. The molecule has 8 nitrogen and oxygen atoms in total. The van der Waals surface area contributed by atoms with Gasteiger partial charge in [0.2, 0.25) is 5.91 Å². The maximum atomic E-state index is 12.5. The van der Waals surface area contributed by atoms with Gasteiger partial charge in [0, 0.05) is 18.7 Å². The number of rotatable bonds is 10. The van der Waals surface area contributed by atoms with E-state index in [1.807, 2.05) is 44.2 Å². The molecule has 0 saturated heterocycles. The molecule has 0 saturated carbocycles. The van der Waals surface area contributed by atoms with Crippen LogP contribution in [0.2, 0.25) is 0 Å². The van der Waals surface area contributed by atoms with Crippen molar-refractivity contribution in [3.63, 3.8) is 0 Å². The highest BCUT2D eigenvalue weighted by atomic mass is 16.6. The Labute approximate surface area is 188 Å². The largest absolute Gasteiger partial charge is 0.490 e. The molecule has 0 spiro atoms. The van der Waals surface area contributed by atoms with Crippen molar-refractivity contribution >= 4 is 23.5 Å². The van der Waals surface area contributed by atoms with Gasteiger partial charge in [-0.3, -0.25) is 9.59 Å². The smallest absolute Gasteiger partial charge is 0.410 e. The Morgan fingerprint density at radius 1 is 1.06 bits per heavy atom. The van der Waals surface area contributed by atoms with Crippen LogP contribution in [0.15, 0.2) is 48.5 Å². The number of benzene rings is 2. The first-order valence-corrected chi connectivity index (χ1v) is 10.4. The highest BCUT2D eigenvalue weighted by Gasteiger charge is 2.23. The van der Waals surface area contributed by atoms with Gasteiger partial charge in [0.05, 0.1) is 12.1 Å². The van der Waals surface area contributed by atoms with E-state index in [4.69, 9.17) is 9.47 Å². The van der Waals surface area contributed by atoms with E-state index in [0.717, 1.165) is 5.56 Å². The van der Waals surface area contributed by atoms with Gasteiger partial charge in [-0.2, -0.15) is 0 Å². The number of hydrogen-bond donors (Lipinski definition) is 2. The first-order valence-electron chi connectivity index (χ1n) is 10.4. The zero-order valence-corrected chi connectivity index (χ0v) is 18.8. The van der Waals surface area contributed by atoms with Crippen LogP contribution in [0, 0.1) is 0 Å². The molecule has 0 radical (unpaired) electrons. The second-order valence-corrected chi connectivity index (χ2v) is 7.70. The summed E-state index contributed by atoms with van der Waals surface area (Å²) in [6, 6.07) is 13.8. The van der Waals surface area contributed by atoms with Crippen LogP contribution in [0.4, 0.5) is 10.5 Å². The fourth-order valence-electron chi connectivity index (χ4n) is 2.98. The molecule has 8 heteroatoms. The lowest BCUT2D eigenvalue weighted by Gasteiger charge is -2.28. The molecule has 2 aromatic rings. The molecule has 2 rings (SSSR count). The van der Waals surface area contributed by atoms with Gasteiger partial charge in [-0.05, 0) is 44.5 Å². The molecule has 0 aliphatic heterocycles. The summed E-state index contributed by atoms with van der Waals surface area (Å²) in [6.45, 7) is 6.43. The van der Waals surface area contributed by atoms with Crippen LogP contribution >= 0.6 is 0 Å². The summed E-state index contributed by atoms with van der Waals surface area (Å²) in [6.07, 6.45) is -1.54. The number of nitrogens with one attached hydrogen (secondary N) is 1. The lowest BCUT2D eigenvalue weighted by molar-refractivity contribution is -0.114. The predicted octanol–water partition coefficient (Wildman–Crippen LogP) is 3.63. The number of amides is 2. The maximum Gasteiger partial charge on any atom is 0.410 e. The van der Waals surface area contributed by atoms with Crippen LogP contribution < -0.4 is 10.1 Å². The Bertz CT molecular complexity index is 929. The van der Waals surface area contributed by atoms with Crippen molar-refractivity contribution in [3.05, 3.63) is 59.7 Å². The van der Waals surface area contributed by atoms with Crippen LogP contribution in [0.5, 0.6) is 5.75 Å². The normalized spacial score (nSPS) is 11.6. The number of ketones is 1. The minimum Gasteiger partial charge on any atom is -0.490 e. The van der Waals surface area contributed by atoms with Gasteiger partial charge < -0.3 is 24.8 Å². The Morgan fingerprint density at radius 2 is 1.75 bits per heavy atom. The summed E-state index contributed by atoms with van der Waals surface area (Å²) in [5, 5.41) is 13.1. The molecule has 2 N–H and O–H groups in total. The highest BCUT2D eigenvalue weighted by molar-refractivity contribution is 5.99. The quantitative estimate of drug-likeness (QED) is 0.545. The van der Waals surface area contributed by atoms with Crippen molar-refractivity contribution in [1.82, 2.24) is 4.90 Å². The summed E-state index contributed by atoms with van der Waals surface area (Å²) >= 11 is 0. The van der Waals surface area contributed by atoms with Crippen molar-refractivity contribution in [2.75, 3.05) is 18.5 Å². The fraction of sp³-hybridized carbons (Fsp3) is 0.375. The maximum absolute atomic E-state index is 12.5. The van der Waals surface area contributed by atoms with Gasteiger partial charge in [0.25, 0.3) is 0 Å². The number of aliphatic hydroxyl groups excluding tert-OH is 1. The number of anilines is 1. The number of Topliss-reactive ketones (excluding diaryl/α,β-unsaturated/α-hetero) is 1. The minimum atomic E-state index is -1.00. The van der Waals surface area contributed by atoms with E-state index in [9.17, 15) is 19.5 Å². The van der Waals surface area contributed by atoms with Gasteiger partial charge in [0.15, 0.2) is 5.78 Å². The molecule has 172 valence electrons. The predicted molar refractivity (Wildman–Crippen MR) is 121 cm³/mol. The number of aliphatic hydroxyl groups is 1. The fourth-order valence-corrected chi connectivity index (χ4v) is 2.98. The van der Waals surface area contributed by atoms with E-state index in [2.05, 4.69) is 5.32 Å². The van der Waals surface area contributed by atoms with Gasteiger partial charge in [-0.25, -0.2) is 4.79 Å². The van der Waals surface area contributed by atoms with E-state index in [-0.39, 0.29) is 48.8 Å². The molecule has 0 fully saturated rings. The Kier molecular flexibility index (Phi) is 9.22. The molecular formula is C24H30N2O6. The second kappa shape index (κ2) is 11.9. The van der Waals surface area contributed by atoms with E-state index >= 15 is 0 Å². The number of carbonyl (C=O) groups excluding carboxylic acids is 3. The van der Waals surface area contributed by atoms with Gasteiger partial charge in [-0.1, -0.05) is 30.3 Å². The number of hydrogen-bond acceptors (Lipinski definition) is 6. The molecule has 0 aromatic heterocycles. The number of nitrogens with zero attached hydrogens (tertiary/aromatic N) is 1. The average molecular weight is 443 g/mol. The Balaban J connectivity index is 1.97. The first kappa shape index (κ1) is 24.9. The first-order chi connectivity index (χ1) is 15.2. The number of ether oxygens (including phenoxy) is 2. The van der Waals surface area contributed by atoms with Crippen LogP contribution in [0.25, 0.3) is 0 Å². The standard InChI is InChI=1S/C24H30N2O6/c1-16(2)26(24(30)32-14-19-8-6-5-7-9-19)13-21(29)15-31-23-11-10-20(25-18(4)28)12-22(23)17(3)27/h5-12,16,21,29H,13-15H2,1-4H3,(H,25,28). The van der Waals surface area contributed by atoms with Crippen molar-refractivity contribution < 1.29 is 29.0 Å². The SMILES string of the molecule is CC(=O)Nc1ccc(OCC(O)CN(C(=O)OCc2ccccc2)C(C)C)c(C(C)=O)c1. The molecule has 1 atom stereocenters. The zero-order chi connectivity index (χ0) is 23.7. The molecule has 1 unspecified atom stereocenters. The lowest BCUT2D eigenvalue weighted by Crippen LogP contribution is -2.44. The molecule has 32 heavy (non-hydrogen) atoms. The molecule has 0 heterocycles. The molecule has 2 amide bonds. The third-order valence-electron chi connectivity index (χ3n) is 4.58. The third kappa shape index (κ3) is 7.70. The zero-order valence-electron chi connectivity index (χ0n) is 18.8. The highest BCUT2D eigenvalue weighted by Crippen LogP contribution is 2.24. The van der Waals surface area contributed by atoms with Gasteiger partial charge in [0.1, 0.15) is 25.1 Å². The molecule has 0 aliphatic carbocycles. The molecule has 2 aromatic carbocycles. The van der Waals surface area contributed by atoms with Crippen LogP contribution in [0.3, 0.4) is 0 Å². The molecular weight excluding hydrogens is 412 g/mol.